The first-order valence-corrected chi connectivity index (χ1v) is 8.63. The fourth-order valence-corrected chi connectivity index (χ4v) is 4.02. The molecule has 1 fully saturated rings. The van der Waals surface area contributed by atoms with Crippen LogP contribution >= 0.6 is 11.8 Å². The minimum Gasteiger partial charge on any atom is -0.365 e. The van der Waals surface area contributed by atoms with Gasteiger partial charge in [-0.2, -0.15) is 0 Å². The van der Waals surface area contributed by atoms with Gasteiger partial charge in [0, 0.05) is 30.6 Å². The van der Waals surface area contributed by atoms with Crippen molar-refractivity contribution in [3.8, 4) is 0 Å². The molecule has 0 N–H and O–H groups in total. The van der Waals surface area contributed by atoms with Crippen LogP contribution in [0.15, 0.2) is 54.6 Å². The molecule has 1 atom stereocenters. The largest absolute Gasteiger partial charge is 0.365 e. The number of carbonyl (C=O) groups excluding carboxylic acids is 1. The molecule has 120 valence electrons. The van der Waals surface area contributed by atoms with Crippen molar-refractivity contribution in [2.24, 2.45) is 0 Å². The Hall–Kier alpha value is -2.01. The second-order valence-corrected chi connectivity index (χ2v) is 6.71. The lowest BCUT2D eigenvalue weighted by molar-refractivity contribution is -0.129. The maximum absolute atomic E-state index is 14.0. The quantitative estimate of drug-likeness (QED) is 0.857. The highest BCUT2D eigenvalue weighted by Crippen LogP contribution is 2.39. The Bertz CT molecular complexity index is 680. The Kier molecular flexibility index (Phi) is 4.86. The smallest absolute Gasteiger partial charge is 0.243 e. The monoisotopic (exact) mass is 330 g/mol. The topological polar surface area (TPSA) is 23.6 Å². The molecule has 0 aliphatic carbocycles. The summed E-state index contributed by atoms with van der Waals surface area (Å²) in [6, 6.07) is 16.5. The van der Waals surface area contributed by atoms with Gasteiger partial charge in [0.05, 0.1) is 6.54 Å². The molecule has 0 bridgehead atoms. The third kappa shape index (κ3) is 3.50. The highest BCUT2D eigenvalue weighted by molar-refractivity contribution is 7.99. The number of amides is 1. The van der Waals surface area contributed by atoms with Gasteiger partial charge in [0.1, 0.15) is 11.2 Å². The summed E-state index contributed by atoms with van der Waals surface area (Å²) >= 11 is 1.62. The molecular formula is C18H19FN2OS. The summed E-state index contributed by atoms with van der Waals surface area (Å²) in [6.07, 6.45) is 0. The Balaban J connectivity index is 1.73. The second-order valence-electron chi connectivity index (χ2n) is 5.52. The fraction of sp³-hybridized carbons (Fsp3) is 0.278. The number of thioether (sulfide) groups is 1. The van der Waals surface area contributed by atoms with Crippen molar-refractivity contribution in [2.45, 2.75) is 5.37 Å². The summed E-state index contributed by atoms with van der Waals surface area (Å²) in [5.41, 5.74) is 1.58. The Labute approximate surface area is 140 Å². The number of hydrogen-bond acceptors (Lipinski definition) is 3. The number of benzene rings is 2. The summed E-state index contributed by atoms with van der Waals surface area (Å²) in [5.74, 6) is 0.607. The van der Waals surface area contributed by atoms with E-state index in [4.69, 9.17) is 0 Å². The molecule has 0 radical (unpaired) electrons. The van der Waals surface area contributed by atoms with E-state index in [1.807, 2.05) is 48.3 Å². The summed E-state index contributed by atoms with van der Waals surface area (Å²) in [7, 11) is 1.90. The van der Waals surface area contributed by atoms with Crippen LogP contribution < -0.4 is 4.90 Å². The Morgan fingerprint density at radius 2 is 1.91 bits per heavy atom. The van der Waals surface area contributed by atoms with Crippen molar-refractivity contribution in [2.75, 3.05) is 30.8 Å². The molecule has 1 saturated heterocycles. The van der Waals surface area contributed by atoms with Crippen molar-refractivity contribution in [3.63, 3.8) is 0 Å². The van der Waals surface area contributed by atoms with Crippen LogP contribution in [0.1, 0.15) is 10.9 Å². The van der Waals surface area contributed by atoms with Gasteiger partial charge in [-0.05, 0) is 18.2 Å². The van der Waals surface area contributed by atoms with Gasteiger partial charge in [0.15, 0.2) is 0 Å². The third-order valence-corrected chi connectivity index (χ3v) is 5.19. The summed E-state index contributed by atoms with van der Waals surface area (Å²) in [4.78, 5) is 16.4. The number of anilines is 1. The molecule has 23 heavy (non-hydrogen) atoms. The second kappa shape index (κ2) is 7.04. The molecule has 1 heterocycles. The zero-order chi connectivity index (χ0) is 16.2. The van der Waals surface area contributed by atoms with Crippen molar-refractivity contribution in [1.29, 1.82) is 0 Å². The van der Waals surface area contributed by atoms with Gasteiger partial charge >= 0.3 is 0 Å². The van der Waals surface area contributed by atoms with E-state index in [1.54, 1.807) is 28.8 Å². The standard InChI is InChI=1S/C18H19FN2OS/c1-20(14-7-3-2-4-8-14)13-17(22)21-11-12-23-18(21)15-9-5-6-10-16(15)19/h2-10,18H,11-13H2,1H3/t18-/m0/s1. The van der Waals surface area contributed by atoms with Gasteiger partial charge in [-0.15, -0.1) is 11.8 Å². The zero-order valence-corrected chi connectivity index (χ0v) is 13.8. The lowest BCUT2D eigenvalue weighted by atomic mass is 10.2. The molecule has 3 nitrogen and oxygen atoms in total. The van der Waals surface area contributed by atoms with Gasteiger partial charge in [-0.3, -0.25) is 4.79 Å². The summed E-state index contributed by atoms with van der Waals surface area (Å²) in [5, 5.41) is -0.229. The third-order valence-electron chi connectivity index (χ3n) is 3.95. The van der Waals surface area contributed by atoms with Crippen LogP contribution in [0.3, 0.4) is 0 Å². The molecular weight excluding hydrogens is 311 g/mol. The molecule has 0 saturated carbocycles. The summed E-state index contributed by atoms with van der Waals surface area (Å²) in [6.45, 7) is 0.945. The maximum Gasteiger partial charge on any atom is 0.243 e. The highest BCUT2D eigenvalue weighted by Gasteiger charge is 2.32. The van der Waals surface area contributed by atoms with Gasteiger partial charge in [-0.25, -0.2) is 4.39 Å². The van der Waals surface area contributed by atoms with E-state index < -0.39 is 0 Å². The first kappa shape index (κ1) is 15.9. The van der Waals surface area contributed by atoms with Crippen molar-refractivity contribution >= 4 is 23.4 Å². The van der Waals surface area contributed by atoms with E-state index >= 15 is 0 Å². The Morgan fingerprint density at radius 3 is 2.65 bits per heavy atom. The van der Waals surface area contributed by atoms with Crippen LogP contribution in [0, 0.1) is 5.82 Å². The van der Waals surface area contributed by atoms with E-state index in [2.05, 4.69) is 0 Å². The van der Waals surface area contributed by atoms with Crippen LogP contribution in [0.25, 0.3) is 0 Å². The van der Waals surface area contributed by atoms with Gasteiger partial charge < -0.3 is 9.80 Å². The first-order valence-electron chi connectivity index (χ1n) is 7.58. The fourth-order valence-electron chi connectivity index (χ4n) is 2.73. The number of carbonyl (C=O) groups is 1. The van der Waals surface area contributed by atoms with Crippen molar-refractivity contribution in [1.82, 2.24) is 4.90 Å². The molecule has 2 aromatic carbocycles. The Morgan fingerprint density at radius 1 is 1.22 bits per heavy atom. The first-order chi connectivity index (χ1) is 11.2. The van der Waals surface area contributed by atoms with E-state index in [9.17, 15) is 9.18 Å². The van der Waals surface area contributed by atoms with E-state index in [0.717, 1.165) is 11.4 Å². The van der Waals surface area contributed by atoms with Crippen LogP contribution in [0.4, 0.5) is 10.1 Å². The van der Waals surface area contributed by atoms with Gasteiger partial charge in [0.25, 0.3) is 0 Å². The van der Waals surface area contributed by atoms with Crippen LogP contribution in [0.5, 0.6) is 0 Å². The molecule has 5 heteroatoms. The number of rotatable bonds is 4. The van der Waals surface area contributed by atoms with Crippen LogP contribution in [0.2, 0.25) is 0 Å². The minimum atomic E-state index is -0.249. The number of halogens is 1. The number of likely N-dealkylation sites (N-methyl/N-ethyl adjacent to an activating group) is 1. The van der Waals surface area contributed by atoms with Crippen molar-refractivity contribution in [3.05, 3.63) is 66.0 Å². The molecule has 1 amide bonds. The van der Waals surface area contributed by atoms with Crippen LogP contribution in [-0.4, -0.2) is 36.7 Å². The number of hydrogen-bond donors (Lipinski definition) is 0. The lowest BCUT2D eigenvalue weighted by Gasteiger charge is -2.27. The van der Waals surface area contributed by atoms with Gasteiger partial charge in [0.2, 0.25) is 5.91 Å². The predicted molar refractivity (Wildman–Crippen MR) is 93.0 cm³/mol. The molecule has 3 rings (SSSR count). The molecule has 1 aliphatic rings. The van der Waals surface area contributed by atoms with E-state index in [1.165, 1.54) is 6.07 Å². The molecule has 2 aromatic rings. The lowest BCUT2D eigenvalue weighted by Crippen LogP contribution is -2.38. The average Bonchev–Trinajstić information content (AvgIpc) is 3.05. The van der Waals surface area contributed by atoms with Crippen LogP contribution in [-0.2, 0) is 4.79 Å². The molecule has 0 unspecified atom stereocenters. The van der Waals surface area contributed by atoms with E-state index in [0.29, 0.717) is 12.1 Å². The van der Waals surface area contributed by atoms with Crippen molar-refractivity contribution < 1.29 is 9.18 Å². The summed E-state index contributed by atoms with van der Waals surface area (Å²) < 4.78 is 14.0. The molecule has 1 aliphatic heterocycles. The normalized spacial score (nSPS) is 17.3. The average molecular weight is 330 g/mol. The maximum atomic E-state index is 14.0. The van der Waals surface area contributed by atoms with Gasteiger partial charge in [-0.1, -0.05) is 36.4 Å². The SMILES string of the molecule is CN(CC(=O)N1CCS[C@H]1c1ccccc1F)c1ccccc1. The zero-order valence-electron chi connectivity index (χ0n) is 13.0. The molecule has 0 aromatic heterocycles. The number of nitrogens with zero attached hydrogens (tertiary/aromatic N) is 2. The predicted octanol–water partition coefficient (Wildman–Crippen LogP) is 3.54. The van der Waals surface area contributed by atoms with E-state index in [-0.39, 0.29) is 23.6 Å². The molecule has 0 spiro atoms. The highest BCUT2D eigenvalue weighted by atomic mass is 32.2. The number of para-hydroxylation sites is 1. The minimum absolute atomic E-state index is 0.0228.